The molecule has 1 aromatic carbocycles. The van der Waals surface area contributed by atoms with Crippen LogP contribution in [-0.4, -0.2) is 58.0 Å². The van der Waals surface area contributed by atoms with Gasteiger partial charge in [-0.25, -0.2) is 8.78 Å². The highest BCUT2D eigenvalue weighted by Crippen LogP contribution is 2.34. The molecule has 0 radical (unpaired) electrons. The Morgan fingerprint density at radius 1 is 1.24 bits per heavy atom. The lowest BCUT2D eigenvalue weighted by atomic mass is 9.99. The number of aryl methyl sites for hydroxylation is 1. The van der Waals surface area contributed by atoms with E-state index >= 15 is 0 Å². The Labute approximate surface area is 190 Å². The van der Waals surface area contributed by atoms with E-state index in [1.54, 1.807) is 4.90 Å². The molecule has 0 unspecified atom stereocenters. The number of nitrogens with one attached hydrogen (secondary N) is 1. The average molecular weight is 462 g/mol. The van der Waals surface area contributed by atoms with Gasteiger partial charge in [0.2, 0.25) is 23.6 Å². The van der Waals surface area contributed by atoms with Crippen LogP contribution in [0.15, 0.2) is 18.2 Å². The number of hydrogen-bond acceptors (Lipinski definition) is 4. The first-order valence-corrected chi connectivity index (χ1v) is 11.2. The van der Waals surface area contributed by atoms with Gasteiger partial charge in [-0.1, -0.05) is 31.5 Å². The van der Waals surface area contributed by atoms with Crippen molar-refractivity contribution in [1.82, 2.24) is 15.1 Å². The number of nitrogens with two attached hydrogens (primary N) is 1. The smallest absolute Gasteiger partial charge is 0.267 e. The van der Waals surface area contributed by atoms with Crippen molar-refractivity contribution in [2.24, 2.45) is 11.7 Å². The zero-order valence-electron chi connectivity index (χ0n) is 18.5. The monoisotopic (exact) mass is 462 g/mol. The van der Waals surface area contributed by atoms with Gasteiger partial charge in [-0.3, -0.25) is 19.2 Å². The third kappa shape index (κ3) is 4.56. The molecule has 3 atom stereocenters. The minimum absolute atomic E-state index is 0.0127. The lowest BCUT2D eigenvalue weighted by Gasteiger charge is -2.24. The molecule has 3 aliphatic rings. The standard InChI is InChI=1S/C23H28F2N4O4/c1-2-4-13-5-3-6-14-10-28(11-16(13)14)19(30)8-15-7-17(27-21(15)32)22(33)29-12-23(24,25)9-18(29)20(26)31/h3,5-6,15,17-18H,2,4,7-12H2,1H3,(H2,26,31)(H,27,32)/t15-,17-,18-/m0/s1. The quantitative estimate of drug-likeness (QED) is 0.659. The number of primary amides is 1. The second-order valence-electron chi connectivity index (χ2n) is 9.20. The Morgan fingerprint density at radius 3 is 2.70 bits per heavy atom. The first-order chi connectivity index (χ1) is 15.6. The fourth-order valence-electron chi connectivity index (χ4n) is 5.09. The van der Waals surface area contributed by atoms with Crippen LogP contribution in [0.3, 0.4) is 0 Å². The topological polar surface area (TPSA) is 113 Å². The molecule has 10 heteroatoms. The first-order valence-electron chi connectivity index (χ1n) is 11.2. The summed E-state index contributed by atoms with van der Waals surface area (Å²) in [5, 5.41) is 2.51. The van der Waals surface area contributed by atoms with Crippen LogP contribution in [0.25, 0.3) is 0 Å². The van der Waals surface area contributed by atoms with Crippen molar-refractivity contribution in [2.75, 3.05) is 6.54 Å². The van der Waals surface area contributed by atoms with Crippen molar-refractivity contribution in [3.63, 3.8) is 0 Å². The van der Waals surface area contributed by atoms with Crippen LogP contribution in [0.2, 0.25) is 0 Å². The van der Waals surface area contributed by atoms with Crippen molar-refractivity contribution in [1.29, 1.82) is 0 Å². The van der Waals surface area contributed by atoms with Crippen LogP contribution < -0.4 is 11.1 Å². The van der Waals surface area contributed by atoms with E-state index in [4.69, 9.17) is 5.73 Å². The molecule has 0 spiro atoms. The van der Waals surface area contributed by atoms with Crippen molar-refractivity contribution >= 4 is 23.6 Å². The predicted molar refractivity (Wildman–Crippen MR) is 114 cm³/mol. The van der Waals surface area contributed by atoms with Gasteiger partial charge >= 0.3 is 0 Å². The number of nitrogens with zero attached hydrogens (tertiary/aromatic N) is 2. The summed E-state index contributed by atoms with van der Waals surface area (Å²) < 4.78 is 27.6. The molecule has 3 heterocycles. The number of rotatable bonds is 6. The van der Waals surface area contributed by atoms with Gasteiger partial charge < -0.3 is 20.9 Å². The summed E-state index contributed by atoms with van der Waals surface area (Å²) in [6.07, 6.45) is 1.05. The summed E-state index contributed by atoms with van der Waals surface area (Å²) in [5.74, 6) is -6.38. The molecule has 0 bridgehead atoms. The Hall–Kier alpha value is -3.04. The van der Waals surface area contributed by atoms with Crippen LogP contribution in [0.5, 0.6) is 0 Å². The van der Waals surface area contributed by atoms with Gasteiger partial charge in [0.25, 0.3) is 5.92 Å². The van der Waals surface area contributed by atoms with Crippen molar-refractivity contribution in [3.05, 3.63) is 34.9 Å². The number of carbonyl (C=O) groups excluding carboxylic acids is 4. The van der Waals surface area contributed by atoms with Crippen molar-refractivity contribution in [2.45, 2.75) is 70.1 Å². The van der Waals surface area contributed by atoms with Gasteiger partial charge in [-0.05, 0) is 29.5 Å². The van der Waals surface area contributed by atoms with E-state index < -0.39 is 54.6 Å². The van der Waals surface area contributed by atoms with Gasteiger partial charge in [-0.2, -0.15) is 0 Å². The number of hydrogen-bond donors (Lipinski definition) is 2. The van der Waals surface area contributed by atoms with Crippen LogP contribution in [0.4, 0.5) is 8.78 Å². The average Bonchev–Trinajstić information content (AvgIpc) is 3.43. The summed E-state index contributed by atoms with van der Waals surface area (Å²) in [4.78, 5) is 52.2. The molecule has 4 amide bonds. The highest BCUT2D eigenvalue weighted by Gasteiger charge is 2.52. The number of likely N-dealkylation sites (tertiary alicyclic amines) is 1. The number of benzene rings is 1. The van der Waals surface area contributed by atoms with Crippen molar-refractivity contribution in [3.8, 4) is 0 Å². The third-order valence-corrected chi connectivity index (χ3v) is 6.76. The molecule has 178 valence electrons. The molecule has 0 saturated carbocycles. The van der Waals surface area contributed by atoms with E-state index in [2.05, 4.69) is 18.3 Å². The molecule has 3 N–H and O–H groups in total. The summed E-state index contributed by atoms with van der Waals surface area (Å²) in [5.41, 5.74) is 8.68. The molecule has 2 saturated heterocycles. The van der Waals surface area contributed by atoms with Crippen LogP contribution >= 0.6 is 0 Å². The minimum atomic E-state index is -3.21. The van der Waals surface area contributed by atoms with Gasteiger partial charge in [0.05, 0.1) is 6.54 Å². The van der Waals surface area contributed by atoms with Crippen LogP contribution in [0, 0.1) is 5.92 Å². The molecule has 2 fully saturated rings. The summed E-state index contributed by atoms with van der Waals surface area (Å²) in [6, 6.07) is 3.58. The Balaban J connectivity index is 1.38. The lowest BCUT2D eigenvalue weighted by molar-refractivity contribution is -0.139. The molecule has 3 aliphatic heterocycles. The van der Waals surface area contributed by atoms with Crippen molar-refractivity contribution < 1.29 is 28.0 Å². The van der Waals surface area contributed by atoms with Crippen LogP contribution in [-0.2, 0) is 38.7 Å². The molecule has 8 nitrogen and oxygen atoms in total. The van der Waals surface area contributed by atoms with E-state index in [-0.39, 0.29) is 18.7 Å². The van der Waals surface area contributed by atoms with Crippen LogP contribution in [0.1, 0.15) is 49.3 Å². The fourth-order valence-corrected chi connectivity index (χ4v) is 5.09. The number of amides is 4. The molecular formula is C23H28F2N4O4. The number of alkyl halides is 2. The maximum Gasteiger partial charge on any atom is 0.267 e. The Kier molecular flexibility index (Phi) is 6.11. The number of carbonyl (C=O) groups is 4. The molecule has 1 aromatic rings. The SMILES string of the molecule is CCCc1cccc2c1CN(C(=O)C[C@@H]1C[C@@H](C(=O)N3CC(F)(F)C[C@H]3C(N)=O)NC1=O)C2. The molecule has 33 heavy (non-hydrogen) atoms. The fraction of sp³-hybridized carbons (Fsp3) is 0.565. The van der Waals surface area contributed by atoms with E-state index in [0.717, 1.165) is 28.9 Å². The highest BCUT2D eigenvalue weighted by molar-refractivity contribution is 5.96. The molecular weight excluding hydrogens is 434 g/mol. The second kappa shape index (κ2) is 8.72. The minimum Gasteiger partial charge on any atom is -0.368 e. The highest BCUT2D eigenvalue weighted by atomic mass is 19.3. The Bertz CT molecular complexity index is 999. The summed E-state index contributed by atoms with van der Waals surface area (Å²) in [7, 11) is 0. The summed E-state index contributed by atoms with van der Waals surface area (Å²) in [6.45, 7) is 2.15. The van der Waals surface area contributed by atoms with Gasteiger partial charge in [0.1, 0.15) is 12.1 Å². The number of fused-ring (bicyclic) bond motifs is 1. The van der Waals surface area contributed by atoms with E-state index in [1.807, 2.05) is 12.1 Å². The van der Waals surface area contributed by atoms with E-state index in [1.165, 1.54) is 5.56 Å². The molecule has 0 aromatic heterocycles. The molecule has 4 rings (SSSR count). The summed E-state index contributed by atoms with van der Waals surface area (Å²) >= 11 is 0. The first kappa shape index (κ1) is 23.1. The normalized spacial score (nSPS) is 25.8. The maximum absolute atomic E-state index is 13.8. The lowest BCUT2D eigenvalue weighted by Crippen LogP contribution is -2.50. The largest absolute Gasteiger partial charge is 0.368 e. The second-order valence-corrected chi connectivity index (χ2v) is 9.20. The molecule has 0 aliphatic carbocycles. The Morgan fingerprint density at radius 2 is 2.00 bits per heavy atom. The third-order valence-electron chi connectivity index (χ3n) is 6.76. The van der Waals surface area contributed by atoms with E-state index in [9.17, 15) is 28.0 Å². The number of halogens is 2. The van der Waals surface area contributed by atoms with Gasteiger partial charge in [-0.15, -0.1) is 0 Å². The predicted octanol–water partition coefficient (Wildman–Crippen LogP) is 1.10. The van der Waals surface area contributed by atoms with Gasteiger partial charge in [0, 0.05) is 31.8 Å². The zero-order chi connectivity index (χ0) is 23.9. The zero-order valence-corrected chi connectivity index (χ0v) is 18.5. The maximum atomic E-state index is 13.8. The van der Waals surface area contributed by atoms with E-state index in [0.29, 0.717) is 13.1 Å². The van der Waals surface area contributed by atoms with Gasteiger partial charge in [0.15, 0.2) is 0 Å².